The van der Waals surface area contributed by atoms with Gasteiger partial charge in [0.15, 0.2) is 5.13 Å². The Balaban J connectivity index is 1.77. The Morgan fingerprint density at radius 1 is 1.35 bits per heavy atom. The molecule has 2 aromatic rings. The topological polar surface area (TPSA) is 79.4 Å². The van der Waals surface area contributed by atoms with Crippen LogP contribution in [0, 0.1) is 0 Å². The van der Waals surface area contributed by atoms with Crippen molar-refractivity contribution in [2.75, 3.05) is 18.1 Å². The minimum Gasteiger partial charge on any atom is -0.301 e. The molecule has 1 fully saturated rings. The Morgan fingerprint density at radius 3 is 2.81 bits per heavy atom. The second kappa shape index (κ2) is 7.82. The Kier molecular flexibility index (Phi) is 5.88. The molecular formula is C16H17Cl2N3O3S2. The summed E-state index contributed by atoms with van der Waals surface area (Å²) in [5.74, 6) is -0.363. The smallest absolute Gasteiger partial charge is 0.244 e. The second-order valence-electron chi connectivity index (χ2n) is 6.04. The Morgan fingerprint density at radius 2 is 2.12 bits per heavy atom. The molecule has 1 aliphatic heterocycles. The van der Waals surface area contributed by atoms with Crippen molar-refractivity contribution in [3.8, 4) is 11.3 Å². The summed E-state index contributed by atoms with van der Waals surface area (Å²) < 4.78 is 25.1. The SMILES string of the molecule is CS(=O)(=O)N1CCCC[C@@H]1C(=O)Nc1nc(-c2ccc(Cl)cc2Cl)cs1. The molecule has 0 saturated carbocycles. The molecule has 1 atom stereocenters. The largest absolute Gasteiger partial charge is 0.301 e. The summed E-state index contributed by atoms with van der Waals surface area (Å²) in [7, 11) is -3.43. The molecule has 0 radical (unpaired) electrons. The zero-order valence-electron chi connectivity index (χ0n) is 13.9. The third kappa shape index (κ3) is 4.37. The van der Waals surface area contributed by atoms with Gasteiger partial charge in [0.1, 0.15) is 6.04 Å². The lowest BCUT2D eigenvalue weighted by molar-refractivity contribution is -0.120. The number of rotatable bonds is 4. The van der Waals surface area contributed by atoms with Crippen molar-refractivity contribution < 1.29 is 13.2 Å². The van der Waals surface area contributed by atoms with Crippen LogP contribution in [-0.2, 0) is 14.8 Å². The van der Waals surface area contributed by atoms with Crippen molar-refractivity contribution in [3.63, 3.8) is 0 Å². The van der Waals surface area contributed by atoms with E-state index in [4.69, 9.17) is 23.2 Å². The number of sulfonamides is 1. The van der Waals surface area contributed by atoms with Gasteiger partial charge in [-0.1, -0.05) is 29.6 Å². The maximum atomic E-state index is 12.6. The maximum Gasteiger partial charge on any atom is 0.244 e. The van der Waals surface area contributed by atoms with Crippen LogP contribution in [0.2, 0.25) is 10.0 Å². The van der Waals surface area contributed by atoms with Crippen LogP contribution in [0.25, 0.3) is 11.3 Å². The lowest BCUT2D eigenvalue weighted by Gasteiger charge is -2.32. The van der Waals surface area contributed by atoms with Crippen molar-refractivity contribution in [3.05, 3.63) is 33.6 Å². The van der Waals surface area contributed by atoms with Crippen LogP contribution >= 0.6 is 34.5 Å². The minimum atomic E-state index is -3.43. The Bertz CT molecular complexity index is 931. The summed E-state index contributed by atoms with van der Waals surface area (Å²) in [5, 5.41) is 5.90. The fraction of sp³-hybridized carbons (Fsp3) is 0.375. The number of nitrogens with one attached hydrogen (secondary N) is 1. The first-order valence-corrected chi connectivity index (χ1v) is 11.4. The molecule has 1 N–H and O–H groups in total. The summed E-state index contributed by atoms with van der Waals surface area (Å²) in [5.41, 5.74) is 1.33. The van der Waals surface area contributed by atoms with Crippen LogP contribution in [0.1, 0.15) is 19.3 Å². The first-order valence-electron chi connectivity index (χ1n) is 7.94. The number of aromatic nitrogens is 1. The zero-order valence-corrected chi connectivity index (χ0v) is 17.1. The monoisotopic (exact) mass is 433 g/mol. The predicted molar refractivity (Wildman–Crippen MR) is 105 cm³/mol. The summed E-state index contributed by atoms with van der Waals surface area (Å²) in [6, 6.07) is 4.40. The lowest BCUT2D eigenvalue weighted by Crippen LogP contribution is -2.49. The number of anilines is 1. The lowest BCUT2D eigenvalue weighted by atomic mass is 10.0. The van der Waals surface area contributed by atoms with E-state index >= 15 is 0 Å². The quantitative estimate of drug-likeness (QED) is 0.793. The van der Waals surface area contributed by atoms with Gasteiger partial charge < -0.3 is 5.32 Å². The van der Waals surface area contributed by atoms with Crippen LogP contribution < -0.4 is 5.32 Å². The van der Waals surface area contributed by atoms with E-state index in [0.717, 1.165) is 19.1 Å². The van der Waals surface area contributed by atoms with Gasteiger partial charge in [0.05, 0.1) is 17.0 Å². The van der Waals surface area contributed by atoms with Crippen LogP contribution in [0.4, 0.5) is 5.13 Å². The van der Waals surface area contributed by atoms with E-state index in [1.54, 1.807) is 23.6 Å². The van der Waals surface area contributed by atoms with Gasteiger partial charge in [0, 0.05) is 22.5 Å². The third-order valence-corrected chi connectivity index (χ3v) is 6.72. The standard InChI is InChI=1S/C16H17Cl2N3O3S2/c1-26(23,24)21-7-3-2-4-14(21)15(22)20-16-19-13(9-25-16)11-6-5-10(17)8-12(11)18/h5-6,8-9,14H,2-4,7H2,1H3,(H,19,20,22)/t14-/m1/s1. The molecule has 140 valence electrons. The van der Waals surface area contributed by atoms with E-state index < -0.39 is 16.1 Å². The number of carbonyl (C=O) groups is 1. The van der Waals surface area contributed by atoms with E-state index in [1.807, 2.05) is 0 Å². The van der Waals surface area contributed by atoms with Crippen molar-refractivity contribution in [2.45, 2.75) is 25.3 Å². The average Bonchev–Trinajstić information content (AvgIpc) is 3.02. The first-order chi connectivity index (χ1) is 12.3. The highest BCUT2D eigenvalue weighted by molar-refractivity contribution is 7.88. The van der Waals surface area contributed by atoms with E-state index in [0.29, 0.717) is 39.4 Å². The third-order valence-electron chi connectivity index (χ3n) is 4.12. The number of hydrogen-bond donors (Lipinski definition) is 1. The Labute approximate surface area is 166 Å². The van der Waals surface area contributed by atoms with Crippen LogP contribution in [0.15, 0.2) is 23.6 Å². The molecule has 6 nitrogen and oxygen atoms in total. The molecule has 1 aromatic heterocycles. The Hall–Kier alpha value is -1.19. The second-order valence-corrected chi connectivity index (χ2v) is 9.67. The van der Waals surface area contributed by atoms with E-state index in [-0.39, 0.29) is 5.91 Å². The van der Waals surface area contributed by atoms with E-state index in [9.17, 15) is 13.2 Å². The van der Waals surface area contributed by atoms with Gasteiger partial charge in [-0.2, -0.15) is 4.31 Å². The number of thiazole rings is 1. The number of halogens is 2. The maximum absolute atomic E-state index is 12.6. The first kappa shape index (κ1) is 19.6. The van der Waals surface area contributed by atoms with Crippen LogP contribution in [0.3, 0.4) is 0 Å². The molecule has 26 heavy (non-hydrogen) atoms. The summed E-state index contributed by atoms with van der Waals surface area (Å²) in [4.78, 5) is 17.0. The molecule has 3 rings (SSSR count). The highest BCUT2D eigenvalue weighted by Crippen LogP contribution is 2.32. The van der Waals surface area contributed by atoms with Gasteiger partial charge in [-0.15, -0.1) is 11.3 Å². The molecule has 0 aliphatic carbocycles. The number of carbonyl (C=O) groups excluding carboxylic acids is 1. The molecule has 1 saturated heterocycles. The number of benzene rings is 1. The van der Waals surface area contributed by atoms with E-state index in [1.165, 1.54) is 15.6 Å². The molecule has 0 spiro atoms. The normalized spacial score (nSPS) is 18.7. The van der Waals surface area contributed by atoms with Gasteiger partial charge in [0.25, 0.3) is 0 Å². The summed E-state index contributed by atoms with van der Waals surface area (Å²) in [6.45, 7) is 0.362. The highest BCUT2D eigenvalue weighted by Gasteiger charge is 2.34. The van der Waals surface area contributed by atoms with Gasteiger partial charge in [-0.3, -0.25) is 4.79 Å². The van der Waals surface area contributed by atoms with Crippen molar-refractivity contribution in [2.24, 2.45) is 0 Å². The van der Waals surface area contributed by atoms with Gasteiger partial charge in [-0.05, 0) is 31.0 Å². The number of amides is 1. The van der Waals surface area contributed by atoms with Gasteiger partial charge in [0.2, 0.25) is 15.9 Å². The average molecular weight is 434 g/mol. The molecule has 1 amide bonds. The van der Waals surface area contributed by atoms with E-state index in [2.05, 4.69) is 10.3 Å². The molecule has 0 unspecified atom stereocenters. The molecule has 10 heteroatoms. The fourth-order valence-corrected chi connectivity index (χ4v) is 5.25. The molecule has 1 aliphatic rings. The molecular weight excluding hydrogens is 417 g/mol. The van der Waals surface area contributed by atoms with Crippen molar-refractivity contribution in [1.29, 1.82) is 0 Å². The number of piperidine rings is 1. The van der Waals surface area contributed by atoms with Gasteiger partial charge in [-0.25, -0.2) is 13.4 Å². The van der Waals surface area contributed by atoms with Gasteiger partial charge >= 0.3 is 0 Å². The highest BCUT2D eigenvalue weighted by atomic mass is 35.5. The van der Waals surface area contributed by atoms with Crippen molar-refractivity contribution >= 4 is 55.6 Å². The molecule has 1 aromatic carbocycles. The van der Waals surface area contributed by atoms with Crippen molar-refractivity contribution in [1.82, 2.24) is 9.29 Å². The summed E-state index contributed by atoms with van der Waals surface area (Å²) in [6.07, 6.45) is 3.20. The summed E-state index contributed by atoms with van der Waals surface area (Å²) >= 11 is 13.3. The van der Waals surface area contributed by atoms with Crippen LogP contribution in [-0.4, -0.2) is 42.5 Å². The minimum absolute atomic E-state index is 0.362. The number of hydrogen-bond acceptors (Lipinski definition) is 5. The van der Waals surface area contributed by atoms with Crippen LogP contribution in [0.5, 0.6) is 0 Å². The zero-order chi connectivity index (χ0) is 18.9. The number of nitrogens with zero attached hydrogens (tertiary/aromatic N) is 2. The fourth-order valence-electron chi connectivity index (χ4n) is 2.90. The predicted octanol–water partition coefficient (Wildman–Crippen LogP) is 3.87. The molecule has 0 bridgehead atoms. The molecule has 2 heterocycles.